The molecule has 5 unspecified atom stereocenters. The van der Waals surface area contributed by atoms with Crippen LogP contribution in [-0.2, 0) is 33.4 Å². The van der Waals surface area contributed by atoms with Gasteiger partial charge in [-0.25, -0.2) is 4.79 Å². The van der Waals surface area contributed by atoms with E-state index in [-0.39, 0.29) is 44.0 Å². The molecule has 1 aliphatic rings. The van der Waals surface area contributed by atoms with Gasteiger partial charge in [0.05, 0.1) is 6.61 Å². The molecule has 6 amide bonds. The van der Waals surface area contributed by atoms with E-state index in [2.05, 4.69) is 31.9 Å². The van der Waals surface area contributed by atoms with Crippen LogP contribution in [0.2, 0.25) is 0 Å². The average Bonchev–Trinajstić information content (AvgIpc) is 3.37. The topological polar surface area (TPSA) is 217 Å². The Kier molecular flexibility index (Phi) is 22.1. The molecule has 7 N–H and O–H groups in total. The number of nitrogens with zero attached hydrogens (tertiary/aromatic N) is 1. The molecule has 52 heavy (non-hydrogen) atoms. The third-order valence-electron chi connectivity index (χ3n) is 9.01. The van der Waals surface area contributed by atoms with Crippen molar-refractivity contribution in [2.45, 2.75) is 136 Å². The van der Waals surface area contributed by atoms with E-state index >= 15 is 0 Å². The summed E-state index contributed by atoms with van der Waals surface area (Å²) >= 11 is 0. The molecule has 5 atom stereocenters. The molecule has 16 nitrogen and oxygen atoms in total. The van der Waals surface area contributed by atoms with E-state index in [4.69, 9.17) is 9.47 Å². The summed E-state index contributed by atoms with van der Waals surface area (Å²) < 4.78 is 10.8. The molecule has 0 aromatic rings. The third kappa shape index (κ3) is 17.3. The number of nitrogens with one attached hydrogen (secondary N) is 6. The third-order valence-corrected chi connectivity index (χ3v) is 9.01. The molecule has 1 aliphatic carbocycles. The largest absolute Gasteiger partial charge is 0.444 e. The molecule has 0 saturated heterocycles. The minimum absolute atomic E-state index is 0.0129. The number of alkyl carbamates (subject to hydrolysis) is 1. The van der Waals surface area contributed by atoms with E-state index in [0.717, 1.165) is 38.5 Å². The Morgan fingerprint density at radius 3 is 2.06 bits per heavy atom. The summed E-state index contributed by atoms with van der Waals surface area (Å²) in [4.78, 5) is 80.6. The fourth-order valence-corrected chi connectivity index (χ4v) is 5.95. The first kappa shape index (κ1) is 46.5. The van der Waals surface area contributed by atoms with Gasteiger partial charge >= 0.3 is 6.09 Å². The molecule has 0 bridgehead atoms. The zero-order valence-corrected chi connectivity index (χ0v) is 32.7. The van der Waals surface area contributed by atoms with Gasteiger partial charge in [-0.15, -0.1) is 0 Å². The number of hydrogen-bond donors (Lipinski definition) is 7. The molecule has 300 valence electrons. The van der Waals surface area contributed by atoms with Crippen LogP contribution in [0.25, 0.3) is 0 Å². The first-order valence-corrected chi connectivity index (χ1v) is 18.9. The second-order valence-electron chi connectivity index (χ2n) is 14.5. The summed E-state index contributed by atoms with van der Waals surface area (Å²) in [7, 11) is 3.23. The predicted octanol–water partition coefficient (Wildman–Crippen LogP) is 1.30. The number of rotatable bonds is 22. The average molecular weight is 742 g/mol. The highest BCUT2D eigenvalue weighted by molar-refractivity contribution is 5.96. The van der Waals surface area contributed by atoms with Gasteiger partial charge in [-0.05, 0) is 65.8 Å². The summed E-state index contributed by atoms with van der Waals surface area (Å²) in [5, 5.41) is 25.4. The molecule has 16 heteroatoms. The number of likely N-dealkylation sites (N-methyl/N-ethyl adjacent to an activating group) is 2. The van der Waals surface area contributed by atoms with Crippen LogP contribution < -0.4 is 31.9 Å². The molecular weight excluding hydrogens is 674 g/mol. The van der Waals surface area contributed by atoms with Gasteiger partial charge in [-0.2, -0.15) is 0 Å². The van der Waals surface area contributed by atoms with Gasteiger partial charge in [0.1, 0.15) is 36.5 Å². The summed E-state index contributed by atoms with van der Waals surface area (Å²) in [6.07, 6.45) is 6.81. The highest BCUT2D eigenvalue weighted by Crippen LogP contribution is 2.26. The Hall–Kier alpha value is -3.50. The minimum Gasteiger partial charge on any atom is -0.444 e. The fraction of sp³-hybridized carbons (Fsp3) is 0.833. The van der Waals surface area contributed by atoms with Crippen LogP contribution in [-0.4, -0.2) is 123 Å². The molecule has 0 spiro atoms. The predicted molar refractivity (Wildman–Crippen MR) is 197 cm³/mol. The summed E-state index contributed by atoms with van der Waals surface area (Å²) in [5.74, 6) is -2.90. The lowest BCUT2D eigenvalue weighted by atomic mass is 9.90. The van der Waals surface area contributed by atoms with Crippen LogP contribution in [0.5, 0.6) is 0 Å². The van der Waals surface area contributed by atoms with E-state index in [1.807, 2.05) is 20.8 Å². The Morgan fingerprint density at radius 1 is 0.865 bits per heavy atom. The second-order valence-corrected chi connectivity index (χ2v) is 14.5. The smallest absolute Gasteiger partial charge is 0.407 e. The van der Waals surface area contributed by atoms with E-state index in [1.54, 1.807) is 34.9 Å². The number of amides is 6. The first-order valence-electron chi connectivity index (χ1n) is 18.9. The lowest BCUT2D eigenvalue weighted by Crippen LogP contribution is -2.62. The maximum Gasteiger partial charge on any atom is 0.407 e. The summed E-state index contributed by atoms with van der Waals surface area (Å²) in [6, 6.07) is -4.05. The van der Waals surface area contributed by atoms with Crippen LogP contribution in [0.15, 0.2) is 0 Å². The van der Waals surface area contributed by atoms with Crippen molar-refractivity contribution in [1.82, 2.24) is 36.8 Å². The Balaban J connectivity index is 3.09. The summed E-state index contributed by atoms with van der Waals surface area (Å²) in [5.41, 5.74) is -0.635. The lowest BCUT2D eigenvalue weighted by Gasteiger charge is -2.33. The van der Waals surface area contributed by atoms with Gasteiger partial charge in [0.15, 0.2) is 0 Å². The number of aliphatic hydroxyl groups excluding tert-OH is 1. The molecule has 1 rings (SSSR count). The zero-order valence-electron chi connectivity index (χ0n) is 32.7. The first-order chi connectivity index (χ1) is 24.6. The van der Waals surface area contributed by atoms with Crippen molar-refractivity contribution in [2.75, 3.05) is 47.1 Å². The Bertz CT molecular complexity index is 1130. The van der Waals surface area contributed by atoms with Crippen LogP contribution in [0.4, 0.5) is 4.79 Å². The van der Waals surface area contributed by atoms with Crippen molar-refractivity contribution in [3.8, 4) is 0 Å². The van der Waals surface area contributed by atoms with Crippen molar-refractivity contribution < 1.29 is 43.3 Å². The van der Waals surface area contributed by atoms with Crippen molar-refractivity contribution in [3.05, 3.63) is 0 Å². The summed E-state index contributed by atoms with van der Waals surface area (Å²) in [6.45, 7) is 10.4. The van der Waals surface area contributed by atoms with Crippen molar-refractivity contribution in [3.63, 3.8) is 0 Å². The van der Waals surface area contributed by atoms with Crippen molar-refractivity contribution in [2.24, 2.45) is 11.8 Å². The standard InChI is InChI=1S/C36H67N7O9/c1-9-16-28(43(8)34(49)24(3)10-2)32(47)42-29(25-17-13-11-12-14-18-25)33(48)40-26(21-37-7)31(46)41-27(30(45)39-23-44)22-51-20-15-19-38-35(50)52-36(4,5)6/h24-29,37,44H,9-23H2,1-8H3,(H,38,50)(H,39,45)(H,40,48)(H,41,46)(H,42,47). The quantitative estimate of drug-likeness (QED) is 0.0480. The number of hydrogen-bond acceptors (Lipinski definition) is 10. The van der Waals surface area contributed by atoms with Crippen molar-refractivity contribution in [1.29, 1.82) is 0 Å². The van der Waals surface area contributed by atoms with Gasteiger partial charge in [0.25, 0.3) is 0 Å². The van der Waals surface area contributed by atoms with E-state index in [1.165, 1.54) is 4.90 Å². The molecule has 1 saturated carbocycles. The number of aliphatic hydroxyl groups is 1. The Labute approximate surface area is 310 Å². The molecule has 1 fully saturated rings. The van der Waals surface area contributed by atoms with E-state index in [0.29, 0.717) is 25.7 Å². The van der Waals surface area contributed by atoms with Gasteiger partial charge in [-0.3, -0.25) is 24.0 Å². The number of carbonyl (C=O) groups excluding carboxylic acids is 6. The zero-order chi connectivity index (χ0) is 39.3. The highest BCUT2D eigenvalue weighted by atomic mass is 16.6. The van der Waals surface area contributed by atoms with Gasteiger partial charge in [0.2, 0.25) is 29.5 Å². The molecular formula is C36H67N7O9. The number of ether oxygens (including phenoxy) is 2. The molecule has 0 radical (unpaired) electrons. The van der Waals surface area contributed by atoms with E-state index < -0.39 is 66.2 Å². The molecule has 0 heterocycles. The second kappa shape index (κ2) is 24.7. The molecule has 0 aromatic carbocycles. The highest BCUT2D eigenvalue weighted by Gasteiger charge is 2.37. The van der Waals surface area contributed by atoms with Crippen LogP contribution in [0.1, 0.15) is 106 Å². The van der Waals surface area contributed by atoms with Gasteiger partial charge in [-0.1, -0.05) is 52.9 Å². The minimum atomic E-state index is -1.21. The monoisotopic (exact) mass is 742 g/mol. The SMILES string of the molecule is CCCC(C(=O)NC(C(=O)NC(CNC)C(=O)NC(COCCCNC(=O)OC(C)(C)C)C(=O)NCO)C1CCCCCC1)N(C)C(=O)C(C)CC. The van der Waals surface area contributed by atoms with Crippen LogP contribution >= 0.6 is 0 Å². The van der Waals surface area contributed by atoms with Crippen LogP contribution in [0.3, 0.4) is 0 Å². The van der Waals surface area contributed by atoms with Crippen LogP contribution in [0, 0.1) is 11.8 Å². The molecule has 0 aromatic heterocycles. The normalized spacial score (nSPS) is 16.6. The Morgan fingerprint density at radius 2 is 1.50 bits per heavy atom. The molecule has 0 aliphatic heterocycles. The van der Waals surface area contributed by atoms with Crippen molar-refractivity contribution >= 4 is 35.6 Å². The number of carbonyl (C=O) groups is 6. The maximum atomic E-state index is 14.0. The van der Waals surface area contributed by atoms with Gasteiger partial charge < -0.3 is 51.4 Å². The lowest BCUT2D eigenvalue weighted by molar-refractivity contribution is -0.143. The van der Waals surface area contributed by atoms with E-state index in [9.17, 15) is 33.9 Å². The fourth-order valence-electron chi connectivity index (χ4n) is 5.95. The van der Waals surface area contributed by atoms with Gasteiger partial charge in [0, 0.05) is 32.7 Å². The maximum absolute atomic E-state index is 14.0.